The summed E-state index contributed by atoms with van der Waals surface area (Å²) < 4.78 is 0. The van der Waals surface area contributed by atoms with Gasteiger partial charge in [-0.3, -0.25) is 10.1 Å². The Morgan fingerprint density at radius 3 is 2.69 bits per heavy atom. The minimum atomic E-state index is 0.248. The molecule has 0 saturated carbocycles. The summed E-state index contributed by atoms with van der Waals surface area (Å²) >= 11 is 0. The summed E-state index contributed by atoms with van der Waals surface area (Å²) in [4.78, 5) is 4.12. The van der Waals surface area contributed by atoms with Gasteiger partial charge in [0.25, 0.3) is 0 Å². The number of hydrogen-bond acceptors (Lipinski definition) is 3. The van der Waals surface area contributed by atoms with Crippen LogP contribution >= 0.6 is 0 Å². The highest BCUT2D eigenvalue weighted by molar-refractivity contribution is 5.14. The summed E-state index contributed by atoms with van der Waals surface area (Å²) in [5.41, 5.74) is 2.28. The van der Waals surface area contributed by atoms with Crippen LogP contribution in [0.2, 0.25) is 0 Å². The van der Waals surface area contributed by atoms with Gasteiger partial charge in [0.1, 0.15) is 0 Å². The zero-order valence-corrected chi connectivity index (χ0v) is 9.51. The van der Waals surface area contributed by atoms with Crippen LogP contribution in [0.3, 0.4) is 0 Å². The first-order valence-corrected chi connectivity index (χ1v) is 5.42. The maximum Gasteiger partial charge on any atom is 0.0518 e. The molecule has 0 bridgehead atoms. The molecule has 0 saturated heterocycles. The highest BCUT2D eigenvalue weighted by Gasteiger charge is 2.11. The number of aromatic nitrogens is 3. The molecule has 2 rings (SSSR count). The molecule has 4 nitrogen and oxygen atoms in total. The Kier molecular flexibility index (Phi) is 3.31. The highest BCUT2D eigenvalue weighted by Crippen LogP contribution is 2.16. The van der Waals surface area contributed by atoms with E-state index in [0.717, 1.165) is 5.69 Å². The van der Waals surface area contributed by atoms with E-state index in [4.69, 9.17) is 0 Å². The molecule has 0 radical (unpaired) electrons. The summed E-state index contributed by atoms with van der Waals surface area (Å²) in [7, 11) is 0. The fourth-order valence-corrected chi connectivity index (χ4v) is 1.70. The molecule has 2 aromatic heterocycles. The van der Waals surface area contributed by atoms with Crippen molar-refractivity contribution in [2.75, 3.05) is 0 Å². The second-order valence-electron chi connectivity index (χ2n) is 3.91. The van der Waals surface area contributed by atoms with E-state index in [0.29, 0.717) is 0 Å². The maximum atomic E-state index is 4.12. The van der Waals surface area contributed by atoms with Crippen molar-refractivity contribution in [2.24, 2.45) is 0 Å². The van der Waals surface area contributed by atoms with Crippen molar-refractivity contribution in [2.45, 2.75) is 25.9 Å². The lowest BCUT2D eigenvalue weighted by Crippen LogP contribution is -2.22. The number of hydrogen-bond donors (Lipinski definition) is 2. The number of aromatic amines is 1. The minimum Gasteiger partial charge on any atom is -0.302 e. The van der Waals surface area contributed by atoms with Gasteiger partial charge in [0.2, 0.25) is 0 Å². The van der Waals surface area contributed by atoms with Gasteiger partial charge in [-0.1, -0.05) is 6.07 Å². The first kappa shape index (κ1) is 10.8. The number of nitrogens with one attached hydrogen (secondary N) is 2. The topological polar surface area (TPSA) is 53.6 Å². The van der Waals surface area contributed by atoms with Crippen molar-refractivity contribution in [1.29, 1.82) is 0 Å². The molecule has 2 atom stereocenters. The molecule has 84 valence electrons. The molecule has 2 heterocycles. The van der Waals surface area contributed by atoms with E-state index in [-0.39, 0.29) is 12.1 Å². The SMILES string of the molecule is CC(NC(C)c1ccn[nH]1)c1cccnc1. The van der Waals surface area contributed by atoms with E-state index < -0.39 is 0 Å². The summed E-state index contributed by atoms with van der Waals surface area (Å²) in [6.45, 7) is 4.24. The molecule has 0 aliphatic rings. The Morgan fingerprint density at radius 1 is 1.19 bits per heavy atom. The molecule has 0 spiro atoms. The van der Waals surface area contributed by atoms with Crippen LogP contribution in [0.25, 0.3) is 0 Å². The molecule has 0 fully saturated rings. The monoisotopic (exact) mass is 216 g/mol. The second-order valence-corrected chi connectivity index (χ2v) is 3.91. The molecule has 0 amide bonds. The van der Waals surface area contributed by atoms with Crippen LogP contribution in [0.1, 0.15) is 37.2 Å². The van der Waals surface area contributed by atoms with Crippen LogP contribution in [0, 0.1) is 0 Å². The van der Waals surface area contributed by atoms with E-state index in [9.17, 15) is 0 Å². The van der Waals surface area contributed by atoms with Crippen molar-refractivity contribution in [3.63, 3.8) is 0 Å². The van der Waals surface area contributed by atoms with Crippen molar-refractivity contribution in [3.05, 3.63) is 48.0 Å². The van der Waals surface area contributed by atoms with Gasteiger partial charge in [-0.05, 0) is 31.5 Å². The Labute approximate surface area is 95.1 Å². The van der Waals surface area contributed by atoms with Crippen LogP contribution in [-0.2, 0) is 0 Å². The Balaban J connectivity index is 2.00. The Bertz CT molecular complexity index is 410. The van der Waals surface area contributed by atoms with Gasteiger partial charge in [0, 0.05) is 30.7 Å². The summed E-state index contributed by atoms with van der Waals surface area (Å²) in [6, 6.07) is 6.52. The second kappa shape index (κ2) is 4.90. The van der Waals surface area contributed by atoms with Crippen LogP contribution in [0.4, 0.5) is 0 Å². The fourth-order valence-electron chi connectivity index (χ4n) is 1.70. The van der Waals surface area contributed by atoms with Gasteiger partial charge in [-0.15, -0.1) is 0 Å². The smallest absolute Gasteiger partial charge is 0.0518 e. The Hall–Kier alpha value is -1.68. The Morgan fingerprint density at radius 2 is 2.06 bits per heavy atom. The predicted molar refractivity (Wildman–Crippen MR) is 62.8 cm³/mol. The van der Waals surface area contributed by atoms with Gasteiger partial charge < -0.3 is 5.32 Å². The minimum absolute atomic E-state index is 0.248. The number of H-pyrrole nitrogens is 1. The molecule has 4 heteroatoms. The van der Waals surface area contributed by atoms with Crippen LogP contribution in [0.5, 0.6) is 0 Å². The van der Waals surface area contributed by atoms with E-state index >= 15 is 0 Å². The fraction of sp³-hybridized carbons (Fsp3) is 0.333. The van der Waals surface area contributed by atoms with Gasteiger partial charge in [-0.25, -0.2) is 0 Å². The molecule has 2 N–H and O–H groups in total. The number of nitrogens with zero attached hydrogens (tertiary/aromatic N) is 2. The van der Waals surface area contributed by atoms with Crippen LogP contribution < -0.4 is 5.32 Å². The summed E-state index contributed by atoms with van der Waals surface area (Å²) in [6.07, 6.45) is 5.44. The summed E-state index contributed by atoms with van der Waals surface area (Å²) in [5.74, 6) is 0. The lowest BCUT2D eigenvalue weighted by molar-refractivity contribution is 0.485. The van der Waals surface area contributed by atoms with E-state index in [1.54, 1.807) is 12.4 Å². The van der Waals surface area contributed by atoms with Crippen molar-refractivity contribution >= 4 is 0 Å². The molecule has 2 aromatic rings. The maximum absolute atomic E-state index is 4.12. The van der Waals surface area contributed by atoms with Gasteiger partial charge in [0.15, 0.2) is 0 Å². The first-order valence-electron chi connectivity index (χ1n) is 5.42. The average molecular weight is 216 g/mol. The third kappa shape index (κ3) is 2.46. The third-order valence-electron chi connectivity index (χ3n) is 2.67. The van der Waals surface area contributed by atoms with Crippen LogP contribution in [0.15, 0.2) is 36.8 Å². The van der Waals surface area contributed by atoms with Gasteiger partial charge in [-0.2, -0.15) is 5.10 Å². The molecular formula is C12H16N4. The van der Waals surface area contributed by atoms with E-state index in [2.05, 4.69) is 40.4 Å². The van der Waals surface area contributed by atoms with E-state index in [1.807, 2.05) is 18.3 Å². The molecule has 0 aliphatic carbocycles. The van der Waals surface area contributed by atoms with E-state index in [1.165, 1.54) is 5.56 Å². The molecule has 0 aromatic carbocycles. The lowest BCUT2D eigenvalue weighted by atomic mass is 10.1. The lowest BCUT2D eigenvalue weighted by Gasteiger charge is -2.18. The summed E-state index contributed by atoms with van der Waals surface area (Å²) in [5, 5.41) is 10.4. The van der Waals surface area contributed by atoms with Crippen molar-refractivity contribution < 1.29 is 0 Å². The predicted octanol–water partition coefficient (Wildman–Crippen LogP) is 2.22. The first-order chi connectivity index (χ1) is 7.77. The van der Waals surface area contributed by atoms with Gasteiger partial charge in [0.05, 0.1) is 5.69 Å². The third-order valence-corrected chi connectivity index (χ3v) is 2.67. The quantitative estimate of drug-likeness (QED) is 0.824. The molecule has 2 unspecified atom stereocenters. The average Bonchev–Trinajstić information content (AvgIpc) is 2.83. The van der Waals surface area contributed by atoms with Gasteiger partial charge >= 0.3 is 0 Å². The zero-order valence-electron chi connectivity index (χ0n) is 9.51. The standard InChI is InChI=1S/C12H16N4/c1-9(11-4-3-6-13-8-11)15-10(2)12-5-7-14-16-12/h3-10,15H,1-2H3,(H,14,16). The number of pyridine rings is 1. The van der Waals surface area contributed by atoms with Crippen LogP contribution in [-0.4, -0.2) is 15.2 Å². The molecule has 0 aliphatic heterocycles. The number of rotatable bonds is 4. The highest BCUT2D eigenvalue weighted by atomic mass is 15.1. The zero-order chi connectivity index (χ0) is 11.4. The molecule has 16 heavy (non-hydrogen) atoms. The molecular weight excluding hydrogens is 200 g/mol. The largest absolute Gasteiger partial charge is 0.302 e. The normalized spacial score (nSPS) is 14.6. The van der Waals surface area contributed by atoms with Crippen molar-refractivity contribution in [3.8, 4) is 0 Å². The van der Waals surface area contributed by atoms with Crippen molar-refractivity contribution in [1.82, 2.24) is 20.5 Å².